The number of nitrogens with zero attached hydrogens (tertiary/aromatic N) is 3. The number of amides is 1. The summed E-state index contributed by atoms with van der Waals surface area (Å²) >= 11 is 1.29. The summed E-state index contributed by atoms with van der Waals surface area (Å²) in [6.07, 6.45) is 1.90. The molecule has 0 radical (unpaired) electrons. The molecule has 0 saturated carbocycles. The maximum Gasteiger partial charge on any atom is 0.405 e. The van der Waals surface area contributed by atoms with Crippen LogP contribution in [0.2, 0.25) is 0 Å². The van der Waals surface area contributed by atoms with Gasteiger partial charge in [-0.2, -0.15) is 0 Å². The Morgan fingerprint density at radius 2 is 2.21 bits per heavy atom. The molecule has 124 valence electrons. The third-order valence-corrected chi connectivity index (χ3v) is 4.62. The zero-order chi connectivity index (χ0) is 17.3. The first kappa shape index (κ1) is 16.1. The number of thiophene rings is 1. The van der Waals surface area contributed by atoms with Crippen LogP contribution in [0.3, 0.4) is 0 Å². The highest BCUT2D eigenvalue weighted by atomic mass is 32.1. The molecule has 3 aromatic rings. The highest BCUT2D eigenvalue weighted by Gasteiger charge is 2.22. The molecule has 0 aromatic carbocycles. The molecule has 0 aliphatic heterocycles. The summed E-state index contributed by atoms with van der Waals surface area (Å²) < 4.78 is 0.477. The highest BCUT2D eigenvalue weighted by molar-refractivity contribution is 7.22. The van der Waals surface area contributed by atoms with Gasteiger partial charge >= 0.3 is 6.09 Å². The minimum atomic E-state index is -1.16. The highest BCUT2D eigenvalue weighted by Crippen LogP contribution is 2.30. The van der Waals surface area contributed by atoms with E-state index < -0.39 is 12.1 Å². The average molecular weight is 345 g/mol. The molecule has 1 unspecified atom stereocenters. The molecule has 24 heavy (non-hydrogen) atoms. The normalized spacial score (nSPS) is 12.5. The second-order valence-corrected chi connectivity index (χ2v) is 6.59. The van der Waals surface area contributed by atoms with Crippen molar-refractivity contribution >= 4 is 27.6 Å². The van der Waals surface area contributed by atoms with Gasteiger partial charge in [0.05, 0.1) is 22.1 Å². The topological polar surface area (TPSA) is 121 Å². The lowest BCUT2D eigenvalue weighted by Crippen LogP contribution is -2.33. The lowest BCUT2D eigenvalue weighted by Gasteiger charge is -2.19. The molecule has 1 atom stereocenters. The van der Waals surface area contributed by atoms with E-state index in [1.807, 2.05) is 13.8 Å². The number of aromatic amines is 1. The number of carboxylic acid groups (broad SMARTS) is 1. The number of fused-ring (bicyclic) bond motifs is 1. The van der Waals surface area contributed by atoms with Gasteiger partial charge < -0.3 is 15.4 Å². The van der Waals surface area contributed by atoms with E-state index in [-0.39, 0.29) is 11.5 Å². The van der Waals surface area contributed by atoms with Gasteiger partial charge in [0.25, 0.3) is 5.56 Å². The lowest BCUT2D eigenvalue weighted by atomic mass is 10.0. The summed E-state index contributed by atoms with van der Waals surface area (Å²) in [7, 11) is 0. The van der Waals surface area contributed by atoms with Crippen molar-refractivity contribution < 1.29 is 9.90 Å². The Hall–Kier alpha value is -2.81. The predicted octanol–water partition coefficient (Wildman–Crippen LogP) is 2.41. The van der Waals surface area contributed by atoms with Crippen LogP contribution >= 0.6 is 11.3 Å². The fourth-order valence-corrected chi connectivity index (χ4v) is 3.32. The van der Waals surface area contributed by atoms with Crippen LogP contribution in [0.15, 0.2) is 29.5 Å². The first-order valence-corrected chi connectivity index (χ1v) is 8.07. The SMILES string of the molecule is CC(C)C(NC(=O)O)c1nc2cc(-c3ccncn3)sc2c(=O)[nH]1. The number of carbonyl (C=O) groups is 1. The van der Waals surface area contributed by atoms with E-state index in [1.165, 1.54) is 17.7 Å². The largest absolute Gasteiger partial charge is 0.465 e. The number of hydrogen-bond donors (Lipinski definition) is 3. The molecule has 0 aliphatic carbocycles. The van der Waals surface area contributed by atoms with Crippen molar-refractivity contribution in [3.8, 4) is 10.6 Å². The second-order valence-electron chi connectivity index (χ2n) is 5.54. The molecular weight excluding hydrogens is 330 g/mol. The summed E-state index contributed by atoms with van der Waals surface area (Å²) in [4.78, 5) is 39.3. The molecule has 9 heteroatoms. The molecule has 8 nitrogen and oxygen atoms in total. The van der Waals surface area contributed by atoms with E-state index in [1.54, 1.807) is 18.3 Å². The standard InChI is InChI=1S/C15H15N5O3S/c1-7(2)11(19-15(22)23)13-18-9-5-10(8-3-4-16-6-17-8)24-12(9)14(21)20-13/h3-7,11,19H,1-2H3,(H,22,23)(H,18,20,21). The van der Waals surface area contributed by atoms with Gasteiger partial charge in [-0.05, 0) is 18.1 Å². The van der Waals surface area contributed by atoms with E-state index in [2.05, 4.69) is 25.3 Å². The maximum absolute atomic E-state index is 12.4. The molecule has 0 saturated heterocycles. The average Bonchev–Trinajstić information content (AvgIpc) is 2.97. The molecule has 3 heterocycles. The number of hydrogen-bond acceptors (Lipinski definition) is 6. The zero-order valence-electron chi connectivity index (χ0n) is 13.0. The van der Waals surface area contributed by atoms with E-state index in [0.29, 0.717) is 21.7 Å². The Morgan fingerprint density at radius 1 is 1.42 bits per heavy atom. The van der Waals surface area contributed by atoms with Gasteiger partial charge in [0, 0.05) is 6.20 Å². The van der Waals surface area contributed by atoms with E-state index in [0.717, 1.165) is 4.88 Å². The third kappa shape index (κ3) is 3.11. The van der Waals surface area contributed by atoms with Gasteiger partial charge in [0.2, 0.25) is 0 Å². The first-order chi connectivity index (χ1) is 11.5. The molecule has 3 aromatic heterocycles. The fourth-order valence-electron chi connectivity index (χ4n) is 2.35. The smallest absolute Gasteiger partial charge is 0.405 e. The Bertz CT molecular complexity index is 935. The third-order valence-electron chi connectivity index (χ3n) is 3.48. The van der Waals surface area contributed by atoms with Crippen LogP contribution in [0, 0.1) is 5.92 Å². The molecule has 0 aliphatic rings. The second kappa shape index (κ2) is 6.36. The first-order valence-electron chi connectivity index (χ1n) is 7.25. The van der Waals surface area contributed by atoms with Gasteiger partial charge in [-0.3, -0.25) is 4.79 Å². The van der Waals surface area contributed by atoms with Crippen molar-refractivity contribution in [2.24, 2.45) is 5.92 Å². The fraction of sp³-hybridized carbons (Fsp3) is 0.267. The molecular formula is C15H15N5O3S. The van der Waals surface area contributed by atoms with Gasteiger partial charge in [0.15, 0.2) is 0 Å². The number of nitrogens with one attached hydrogen (secondary N) is 2. The van der Waals surface area contributed by atoms with Crippen LogP contribution in [0.4, 0.5) is 4.79 Å². The van der Waals surface area contributed by atoms with Crippen molar-refractivity contribution in [3.05, 3.63) is 40.8 Å². The van der Waals surface area contributed by atoms with E-state index in [4.69, 9.17) is 5.11 Å². The summed E-state index contributed by atoms with van der Waals surface area (Å²) in [6.45, 7) is 3.70. The summed E-state index contributed by atoms with van der Waals surface area (Å²) in [6, 6.07) is 2.93. The van der Waals surface area contributed by atoms with Crippen molar-refractivity contribution in [1.29, 1.82) is 0 Å². The van der Waals surface area contributed by atoms with Crippen LogP contribution in [0.1, 0.15) is 25.7 Å². The Kier molecular flexibility index (Phi) is 4.26. The van der Waals surface area contributed by atoms with Crippen LogP contribution < -0.4 is 10.9 Å². The van der Waals surface area contributed by atoms with E-state index in [9.17, 15) is 9.59 Å². The molecule has 1 amide bonds. The molecule has 0 bridgehead atoms. The molecule has 0 fully saturated rings. The molecule has 3 N–H and O–H groups in total. The summed E-state index contributed by atoms with van der Waals surface area (Å²) in [5, 5.41) is 11.4. The van der Waals surface area contributed by atoms with Crippen molar-refractivity contribution in [3.63, 3.8) is 0 Å². The quantitative estimate of drug-likeness (QED) is 0.667. The Labute approximate surface area is 140 Å². The summed E-state index contributed by atoms with van der Waals surface area (Å²) in [5.41, 5.74) is 0.932. The monoisotopic (exact) mass is 345 g/mol. The van der Waals surface area contributed by atoms with Crippen molar-refractivity contribution in [2.75, 3.05) is 0 Å². The number of aromatic nitrogens is 4. The molecule has 0 spiro atoms. The predicted molar refractivity (Wildman–Crippen MR) is 90.0 cm³/mol. The van der Waals surface area contributed by atoms with Gasteiger partial charge in [0.1, 0.15) is 16.9 Å². The van der Waals surface area contributed by atoms with Crippen molar-refractivity contribution in [2.45, 2.75) is 19.9 Å². The maximum atomic E-state index is 12.4. The summed E-state index contributed by atoms with van der Waals surface area (Å²) in [5.74, 6) is 0.235. The van der Waals surface area contributed by atoms with Crippen LogP contribution in [0.5, 0.6) is 0 Å². The lowest BCUT2D eigenvalue weighted by molar-refractivity contribution is 0.185. The minimum absolute atomic E-state index is 0.0679. The van der Waals surface area contributed by atoms with Gasteiger partial charge in [-0.1, -0.05) is 13.8 Å². The minimum Gasteiger partial charge on any atom is -0.465 e. The van der Waals surface area contributed by atoms with Crippen LogP contribution in [-0.4, -0.2) is 31.1 Å². The zero-order valence-corrected chi connectivity index (χ0v) is 13.8. The van der Waals surface area contributed by atoms with Crippen molar-refractivity contribution in [1.82, 2.24) is 25.3 Å². The molecule has 3 rings (SSSR count). The number of rotatable bonds is 4. The van der Waals surface area contributed by atoms with Crippen LogP contribution in [-0.2, 0) is 0 Å². The Balaban J connectivity index is 2.09. The Morgan fingerprint density at radius 3 is 2.83 bits per heavy atom. The van der Waals surface area contributed by atoms with Gasteiger partial charge in [-0.15, -0.1) is 11.3 Å². The van der Waals surface area contributed by atoms with Gasteiger partial charge in [-0.25, -0.2) is 19.7 Å². The number of H-pyrrole nitrogens is 1. The van der Waals surface area contributed by atoms with E-state index >= 15 is 0 Å². The van der Waals surface area contributed by atoms with Crippen LogP contribution in [0.25, 0.3) is 20.8 Å².